The fourth-order valence-electron chi connectivity index (χ4n) is 3.85. The maximum atomic E-state index is 13.4. The molecule has 9 heteroatoms. The van der Waals surface area contributed by atoms with E-state index in [9.17, 15) is 4.79 Å². The molecular weight excluding hydrogens is 634 g/mol. The van der Waals surface area contributed by atoms with Crippen LogP contribution in [0.3, 0.4) is 0 Å². The van der Waals surface area contributed by atoms with Crippen molar-refractivity contribution in [2.45, 2.75) is 6.61 Å². The number of hydrogen-bond acceptors (Lipinski definition) is 5. The van der Waals surface area contributed by atoms with Crippen LogP contribution in [0.4, 0.5) is 0 Å². The summed E-state index contributed by atoms with van der Waals surface area (Å²) in [5.41, 5.74) is 2.75. The van der Waals surface area contributed by atoms with Crippen molar-refractivity contribution in [1.29, 1.82) is 0 Å². The fourth-order valence-corrected chi connectivity index (χ4v) is 4.91. The van der Waals surface area contributed by atoms with Crippen LogP contribution in [-0.2, 0) is 6.61 Å². The molecule has 0 N–H and O–H groups in total. The van der Waals surface area contributed by atoms with E-state index in [1.165, 1.54) is 4.68 Å². The first-order valence-corrected chi connectivity index (χ1v) is 13.5. The first-order valence-electron chi connectivity index (χ1n) is 11.5. The zero-order valence-electron chi connectivity index (χ0n) is 20.1. The van der Waals surface area contributed by atoms with Gasteiger partial charge in [0.05, 0.1) is 28.7 Å². The molecular formula is C29H20Br2ClN3O3. The van der Waals surface area contributed by atoms with E-state index in [0.29, 0.717) is 54.4 Å². The Bertz CT molecular complexity index is 1710. The molecule has 0 aliphatic rings. The second kappa shape index (κ2) is 11.5. The first kappa shape index (κ1) is 26.2. The molecule has 0 saturated carbocycles. The zero-order valence-corrected chi connectivity index (χ0v) is 24.0. The van der Waals surface area contributed by atoms with Crippen LogP contribution in [0.5, 0.6) is 11.5 Å². The van der Waals surface area contributed by atoms with Gasteiger partial charge in [0.2, 0.25) is 0 Å². The highest BCUT2D eigenvalue weighted by atomic mass is 79.9. The molecule has 4 aromatic carbocycles. The summed E-state index contributed by atoms with van der Waals surface area (Å²) in [5.74, 6) is 1.47. The van der Waals surface area contributed by atoms with Gasteiger partial charge in [0, 0.05) is 20.6 Å². The number of methoxy groups -OCH3 is 1. The second-order valence-electron chi connectivity index (χ2n) is 8.22. The Morgan fingerprint density at radius 1 is 0.974 bits per heavy atom. The molecule has 0 radical (unpaired) electrons. The van der Waals surface area contributed by atoms with Gasteiger partial charge in [-0.1, -0.05) is 66.2 Å². The molecule has 190 valence electrons. The minimum atomic E-state index is -0.268. The first-order chi connectivity index (χ1) is 18.5. The standard InChI is InChI=1S/C29H20Br2ClN3O3/c1-37-24-15-20(25(30)26(31)27(24)38-17-18-11-13-21(32)14-12-18)16-33-35-28(19-7-3-2-4-8-19)34-23-10-6-5-9-22(23)29(35)36/h2-16H,17H2,1H3. The van der Waals surface area contributed by atoms with Crippen molar-refractivity contribution < 1.29 is 9.47 Å². The Hall–Kier alpha value is -3.46. The van der Waals surface area contributed by atoms with Gasteiger partial charge in [0.15, 0.2) is 17.3 Å². The number of benzene rings is 4. The van der Waals surface area contributed by atoms with Crippen molar-refractivity contribution in [1.82, 2.24) is 9.66 Å². The van der Waals surface area contributed by atoms with Gasteiger partial charge >= 0.3 is 0 Å². The summed E-state index contributed by atoms with van der Waals surface area (Å²) in [6.45, 7) is 0.324. The van der Waals surface area contributed by atoms with Crippen molar-refractivity contribution in [3.05, 3.63) is 120 Å². The van der Waals surface area contributed by atoms with E-state index in [1.807, 2.05) is 72.8 Å². The van der Waals surface area contributed by atoms with E-state index in [4.69, 9.17) is 26.1 Å². The van der Waals surface area contributed by atoms with Crippen LogP contribution < -0.4 is 15.0 Å². The molecule has 38 heavy (non-hydrogen) atoms. The Kier molecular flexibility index (Phi) is 7.93. The number of ether oxygens (including phenoxy) is 2. The van der Waals surface area contributed by atoms with Gasteiger partial charge in [0.1, 0.15) is 6.61 Å². The summed E-state index contributed by atoms with van der Waals surface area (Å²) in [7, 11) is 1.57. The molecule has 5 rings (SSSR count). The maximum Gasteiger partial charge on any atom is 0.282 e. The highest BCUT2D eigenvalue weighted by Crippen LogP contribution is 2.42. The number of hydrogen-bond donors (Lipinski definition) is 0. The van der Waals surface area contributed by atoms with Gasteiger partial charge in [0.25, 0.3) is 5.56 Å². The zero-order chi connectivity index (χ0) is 26.6. The largest absolute Gasteiger partial charge is 0.493 e. The normalized spacial score (nSPS) is 11.3. The molecule has 1 heterocycles. The monoisotopic (exact) mass is 651 g/mol. The lowest BCUT2D eigenvalue weighted by atomic mass is 10.2. The molecule has 0 spiro atoms. The van der Waals surface area contributed by atoms with Crippen LogP contribution in [0.15, 0.2) is 104 Å². The number of halogens is 3. The number of nitrogens with zero attached hydrogens (tertiary/aromatic N) is 3. The molecule has 0 saturated heterocycles. The Balaban J connectivity index is 1.55. The van der Waals surface area contributed by atoms with Crippen LogP contribution >= 0.6 is 43.5 Å². The molecule has 5 aromatic rings. The minimum absolute atomic E-state index is 0.268. The maximum absolute atomic E-state index is 13.4. The number of rotatable bonds is 7. The van der Waals surface area contributed by atoms with Crippen LogP contribution in [-0.4, -0.2) is 23.0 Å². The third-order valence-corrected chi connectivity index (χ3v) is 8.17. The number of aromatic nitrogens is 2. The van der Waals surface area contributed by atoms with Gasteiger partial charge in [-0.2, -0.15) is 9.78 Å². The molecule has 0 aliphatic carbocycles. The van der Waals surface area contributed by atoms with Crippen LogP contribution in [0.25, 0.3) is 22.3 Å². The van der Waals surface area contributed by atoms with Gasteiger partial charge in [-0.25, -0.2) is 4.98 Å². The van der Waals surface area contributed by atoms with Crippen molar-refractivity contribution in [2.24, 2.45) is 5.10 Å². The summed E-state index contributed by atoms with van der Waals surface area (Å²) >= 11 is 13.2. The van der Waals surface area contributed by atoms with E-state index in [1.54, 1.807) is 25.5 Å². The topological polar surface area (TPSA) is 65.7 Å². The average molecular weight is 654 g/mol. The summed E-state index contributed by atoms with van der Waals surface area (Å²) in [4.78, 5) is 18.2. The highest BCUT2D eigenvalue weighted by molar-refractivity contribution is 9.13. The lowest BCUT2D eigenvalue weighted by molar-refractivity contribution is 0.282. The average Bonchev–Trinajstić information content (AvgIpc) is 2.95. The summed E-state index contributed by atoms with van der Waals surface area (Å²) < 4.78 is 14.3. The Morgan fingerprint density at radius 3 is 2.42 bits per heavy atom. The Labute approximate surface area is 240 Å². The predicted octanol–water partition coefficient (Wildman–Crippen LogP) is 7.71. The smallest absolute Gasteiger partial charge is 0.282 e. The molecule has 0 fully saturated rings. The van der Waals surface area contributed by atoms with Crippen molar-refractivity contribution in [2.75, 3.05) is 7.11 Å². The summed E-state index contributed by atoms with van der Waals surface area (Å²) in [5, 5.41) is 5.71. The molecule has 0 atom stereocenters. The third-order valence-electron chi connectivity index (χ3n) is 5.77. The third kappa shape index (κ3) is 5.38. The minimum Gasteiger partial charge on any atom is -0.493 e. The van der Waals surface area contributed by atoms with Crippen molar-refractivity contribution in [3.8, 4) is 22.9 Å². The molecule has 6 nitrogen and oxygen atoms in total. The van der Waals surface area contributed by atoms with E-state index in [0.717, 1.165) is 11.1 Å². The van der Waals surface area contributed by atoms with Crippen molar-refractivity contribution >= 4 is 60.6 Å². The van der Waals surface area contributed by atoms with E-state index in [2.05, 4.69) is 37.0 Å². The molecule has 0 unspecified atom stereocenters. The summed E-state index contributed by atoms with van der Waals surface area (Å²) in [6, 6.07) is 25.9. The van der Waals surface area contributed by atoms with Crippen LogP contribution in [0.2, 0.25) is 5.02 Å². The summed E-state index contributed by atoms with van der Waals surface area (Å²) in [6.07, 6.45) is 1.59. The van der Waals surface area contributed by atoms with E-state index >= 15 is 0 Å². The predicted molar refractivity (Wildman–Crippen MR) is 159 cm³/mol. The van der Waals surface area contributed by atoms with Crippen LogP contribution in [0.1, 0.15) is 11.1 Å². The molecule has 1 aromatic heterocycles. The Morgan fingerprint density at radius 2 is 1.68 bits per heavy atom. The number of fused-ring (bicyclic) bond motifs is 1. The van der Waals surface area contributed by atoms with Crippen LogP contribution in [0, 0.1) is 0 Å². The van der Waals surface area contributed by atoms with Gasteiger partial charge in [-0.05, 0) is 67.8 Å². The molecule has 0 bridgehead atoms. The van der Waals surface area contributed by atoms with Gasteiger partial charge in [-0.3, -0.25) is 4.79 Å². The second-order valence-corrected chi connectivity index (χ2v) is 10.2. The lowest BCUT2D eigenvalue weighted by Gasteiger charge is -2.15. The molecule has 0 amide bonds. The van der Waals surface area contributed by atoms with Gasteiger partial charge in [-0.15, -0.1) is 0 Å². The van der Waals surface area contributed by atoms with Gasteiger partial charge < -0.3 is 9.47 Å². The number of para-hydroxylation sites is 1. The van der Waals surface area contributed by atoms with Crippen molar-refractivity contribution in [3.63, 3.8) is 0 Å². The fraction of sp³-hybridized carbons (Fsp3) is 0.0690. The highest BCUT2D eigenvalue weighted by Gasteiger charge is 2.18. The van der Waals surface area contributed by atoms with E-state index in [-0.39, 0.29) is 5.56 Å². The molecule has 0 aliphatic heterocycles. The lowest BCUT2D eigenvalue weighted by Crippen LogP contribution is -2.20. The SMILES string of the molecule is COc1cc(C=Nn2c(-c3ccccc3)nc3ccccc3c2=O)c(Br)c(Br)c1OCc1ccc(Cl)cc1. The quantitative estimate of drug-likeness (QED) is 0.169. The van der Waals surface area contributed by atoms with E-state index < -0.39 is 0 Å².